The summed E-state index contributed by atoms with van der Waals surface area (Å²) in [6.45, 7) is 2.18. The smallest absolute Gasteiger partial charge is 0.196 e. The Kier molecular flexibility index (Phi) is 4.10. The third-order valence-corrected chi connectivity index (χ3v) is 4.83. The minimum absolute atomic E-state index is 0.111. The normalized spacial score (nSPS) is 11.2. The molecule has 0 radical (unpaired) electrons. The van der Waals surface area contributed by atoms with Gasteiger partial charge in [-0.25, -0.2) is 0 Å². The topological polar surface area (TPSA) is 32.9 Å². The zero-order valence-corrected chi connectivity index (χ0v) is 14.4. The van der Waals surface area contributed by atoms with Crippen LogP contribution in [0.25, 0.3) is 21.7 Å². The molecule has 3 aromatic carbocycles. The van der Waals surface area contributed by atoms with Gasteiger partial charge < -0.3 is 4.98 Å². The number of rotatable bonds is 5. The molecular weight excluding hydrogens is 306 g/mol. The van der Waals surface area contributed by atoms with E-state index in [-0.39, 0.29) is 5.78 Å². The molecule has 2 heteroatoms. The molecule has 0 aliphatic rings. The minimum Gasteiger partial charge on any atom is -0.358 e. The van der Waals surface area contributed by atoms with Crippen LogP contribution < -0.4 is 0 Å². The number of unbranched alkanes of at least 4 members (excludes halogenated alkanes) is 1. The van der Waals surface area contributed by atoms with Crippen molar-refractivity contribution < 1.29 is 4.79 Å². The van der Waals surface area contributed by atoms with Gasteiger partial charge in [0.25, 0.3) is 0 Å². The first kappa shape index (κ1) is 15.6. The maximum atomic E-state index is 13.5. The van der Waals surface area contributed by atoms with E-state index in [1.165, 1.54) is 0 Å². The molecule has 2 nitrogen and oxygen atoms in total. The van der Waals surface area contributed by atoms with Gasteiger partial charge in [-0.3, -0.25) is 4.79 Å². The predicted molar refractivity (Wildman–Crippen MR) is 104 cm³/mol. The van der Waals surface area contributed by atoms with Crippen molar-refractivity contribution in [1.82, 2.24) is 4.98 Å². The number of nitrogens with one attached hydrogen (secondary N) is 1. The van der Waals surface area contributed by atoms with E-state index in [2.05, 4.69) is 24.0 Å². The molecular formula is C23H21NO. The lowest BCUT2D eigenvalue weighted by atomic mass is 9.94. The van der Waals surface area contributed by atoms with Crippen LogP contribution >= 0.6 is 0 Å². The summed E-state index contributed by atoms with van der Waals surface area (Å²) in [5.74, 6) is 0.111. The molecule has 0 saturated carbocycles. The molecule has 1 heterocycles. The molecule has 1 aromatic heterocycles. The van der Waals surface area contributed by atoms with Crippen LogP contribution in [0.4, 0.5) is 0 Å². The first-order valence-electron chi connectivity index (χ1n) is 8.91. The number of ketones is 1. The molecule has 124 valence electrons. The van der Waals surface area contributed by atoms with E-state index in [4.69, 9.17) is 0 Å². The van der Waals surface area contributed by atoms with Gasteiger partial charge in [0, 0.05) is 22.2 Å². The van der Waals surface area contributed by atoms with Crippen molar-refractivity contribution >= 4 is 27.5 Å². The summed E-state index contributed by atoms with van der Waals surface area (Å²) in [7, 11) is 0. The lowest BCUT2D eigenvalue weighted by Gasteiger charge is -2.08. The van der Waals surface area contributed by atoms with Gasteiger partial charge in [0.2, 0.25) is 0 Å². The fraction of sp³-hybridized carbons (Fsp3) is 0.174. The van der Waals surface area contributed by atoms with Gasteiger partial charge in [0.05, 0.1) is 5.56 Å². The fourth-order valence-electron chi connectivity index (χ4n) is 3.56. The number of para-hydroxylation sites is 1. The van der Waals surface area contributed by atoms with Gasteiger partial charge in [0.15, 0.2) is 5.78 Å². The van der Waals surface area contributed by atoms with Crippen molar-refractivity contribution in [3.8, 4) is 0 Å². The Morgan fingerprint density at radius 3 is 2.44 bits per heavy atom. The Morgan fingerprint density at radius 2 is 1.60 bits per heavy atom. The van der Waals surface area contributed by atoms with Gasteiger partial charge in [-0.05, 0) is 29.7 Å². The van der Waals surface area contributed by atoms with Crippen molar-refractivity contribution in [3.63, 3.8) is 0 Å². The Balaban J connectivity index is 1.92. The van der Waals surface area contributed by atoms with Crippen molar-refractivity contribution in [2.45, 2.75) is 26.2 Å². The number of carbonyl (C=O) groups is 1. The largest absolute Gasteiger partial charge is 0.358 e. The minimum atomic E-state index is 0.111. The number of hydrogen-bond donors (Lipinski definition) is 1. The number of aryl methyl sites for hydroxylation is 1. The second-order valence-electron chi connectivity index (χ2n) is 6.48. The van der Waals surface area contributed by atoms with Crippen LogP contribution in [-0.2, 0) is 6.42 Å². The van der Waals surface area contributed by atoms with Crippen LogP contribution in [0.1, 0.15) is 41.4 Å². The van der Waals surface area contributed by atoms with Crippen LogP contribution in [0.5, 0.6) is 0 Å². The highest BCUT2D eigenvalue weighted by molar-refractivity contribution is 6.22. The maximum absolute atomic E-state index is 13.5. The average Bonchev–Trinajstić information content (AvgIpc) is 3.03. The van der Waals surface area contributed by atoms with Crippen LogP contribution in [0.15, 0.2) is 66.7 Å². The Morgan fingerprint density at radius 1 is 0.880 bits per heavy atom. The Bertz CT molecular complexity index is 1050. The number of fused-ring (bicyclic) bond motifs is 2. The van der Waals surface area contributed by atoms with Gasteiger partial charge in [-0.2, -0.15) is 0 Å². The summed E-state index contributed by atoms with van der Waals surface area (Å²) in [5, 5.41) is 3.14. The molecule has 4 aromatic rings. The quantitative estimate of drug-likeness (QED) is 0.455. The van der Waals surface area contributed by atoms with Crippen molar-refractivity contribution in [2.24, 2.45) is 0 Å². The zero-order valence-electron chi connectivity index (χ0n) is 14.4. The molecule has 0 atom stereocenters. The highest BCUT2D eigenvalue weighted by atomic mass is 16.1. The summed E-state index contributed by atoms with van der Waals surface area (Å²) in [6.07, 6.45) is 3.08. The van der Waals surface area contributed by atoms with Crippen molar-refractivity contribution in [2.75, 3.05) is 0 Å². The highest BCUT2D eigenvalue weighted by Crippen LogP contribution is 2.29. The van der Waals surface area contributed by atoms with Crippen LogP contribution in [-0.4, -0.2) is 10.8 Å². The Labute approximate surface area is 147 Å². The van der Waals surface area contributed by atoms with E-state index in [1.807, 2.05) is 54.6 Å². The van der Waals surface area contributed by atoms with Crippen LogP contribution in [0.2, 0.25) is 0 Å². The van der Waals surface area contributed by atoms with E-state index in [1.54, 1.807) is 0 Å². The summed E-state index contributed by atoms with van der Waals surface area (Å²) < 4.78 is 0. The standard InChI is InChI=1S/C23H21NO/c1-2-3-14-21-22(19-12-6-7-15-20(19)24-21)23(25)18-13-8-10-16-9-4-5-11-17(16)18/h4-13,15,24H,2-3,14H2,1H3. The van der Waals surface area contributed by atoms with E-state index in [0.717, 1.165) is 57.8 Å². The van der Waals surface area contributed by atoms with E-state index in [9.17, 15) is 4.79 Å². The number of carbonyl (C=O) groups excluding carboxylic acids is 1. The molecule has 0 unspecified atom stereocenters. The molecule has 1 N–H and O–H groups in total. The van der Waals surface area contributed by atoms with Crippen molar-refractivity contribution in [3.05, 3.63) is 83.6 Å². The van der Waals surface area contributed by atoms with Crippen molar-refractivity contribution in [1.29, 1.82) is 0 Å². The SMILES string of the molecule is CCCCc1[nH]c2ccccc2c1C(=O)c1cccc2ccccc12. The summed E-state index contributed by atoms with van der Waals surface area (Å²) in [6, 6.07) is 22.1. The van der Waals surface area contributed by atoms with Gasteiger partial charge >= 0.3 is 0 Å². The number of benzene rings is 3. The molecule has 0 saturated heterocycles. The molecule has 0 aliphatic carbocycles. The predicted octanol–water partition coefficient (Wildman–Crippen LogP) is 5.89. The van der Waals surface area contributed by atoms with E-state index in [0.29, 0.717) is 0 Å². The molecule has 4 rings (SSSR count). The number of H-pyrrole nitrogens is 1. The summed E-state index contributed by atoms with van der Waals surface area (Å²) in [4.78, 5) is 17.0. The monoisotopic (exact) mass is 327 g/mol. The first-order valence-corrected chi connectivity index (χ1v) is 8.91. The lowest BCUT2D eigenvalue weighted by molar-refractivity contribution is 0.104. The lowest BCUT2D eigenvalue weighted by Crippen LogP contribution is -2.05. The maximum Gasteiger partial charge on any atom is 0.196 e. The fourth-order valence-corrected chi connectivity index (χ4v) is 3.56. The van der Waals surface area contributed by atoms with Crippen LogP contribution in [0, 0.1) is 0 Å². The number of aromatic nitrogens is 1. The summed E-state index contributed by atoms with van der Waals surface area (Å²) >= 11 is 0. The third-order valence-electron chi connectivity index (χ3n) is 4.83. The van der Waals surface area contributed by atoms with Gasteiger partial charge in [0.1, 0.15) is 0 Å². The molecule has 25 heavy (non-hydrogen) atoms. The molecule has 0 amide bonds. The second-order valence-corrected chi connectivity index (χ2v) is 6.48. The van der Waals surface area contributed by atoms with E-state index >= 15 is 0 Å². The molecule has 0 aliphatic heterocycles. The molecule has 0 spiro atoms. The van der Waals surface area contributed by atoms with Crippen LogP contribution in [0.3, 0.4) is 0 Å². The average molecular weight is 327 g/mol. The first-order chi connectivity index (χ1) is 12.3. The Hall–Kier alpha value is -2.87. The summed E-state index contributed by atoms with van der Waals surface area (Å²) in [5.41, 5.74) is 3.71. The molecule has 0 fully saturated rings. The second kappa shape index (κ2) is 6.56. The number of aromatic amines is 1. The van der Waals surface area contributed by atoms with Gasteiger partial charge in [-0.15, -0.1) is 0 Å². The zero-order chi connectivity index (χ0) is 17.2. The highest BCUT2D eigenvalue weighted by Gasteiger charge is 2.20. The third kappa shape index (κ3) is 2.74. The molecule has 0 bridgehead atoms. The van der Waals surface area contributed by atoms with Gasteiger partial charge in [-0.1, -0.05) is 74.0 Å². The van der Waals surface area contributed by atoms with E-state index < -0.39 is 0 Å². The number of hydrogen-bond acceptors (Lipinski definition) is 1.